The Balaban J connectivity index is 1.43. The Kier molecular flexibility index (Phi) is 6.66. The number of benzene rings is 3. The topological polar surface area (TPSA) is 105 Å². The minimum absolute atomic E-state index is 0.0415. The molecule has 0 unspecified atom stereocenters. The molecular formula is C26H20ClN3O5. The van der Waals surface area contributed by atoms with Crippen LogP contribution >= 0.6 is 11.6 Å². The molecule has 8 nitrogen and oxygen atoms in total. The Bertz CT molecular complexity index is 1350. The summed E-state index contributed by atoms with van der Waals surface area (Å²) in [5, 5.41) is 5.40. The monoisotopic (exact) mass is 489 g/mol. The van der Waals surface area contributed by atoms with Crippen LogP contribution in [0.15, 0.2) is 83.5 Å². The number of esters is 1. The van der Waals surface area contributed by atoms with Gasteiger partial charge in [-0.3, -0.25) is 14.4 Å². The van der Waals surface area contributed by atoms with Crippen molar-refractivity contribution in [3.63, 3.8) is 0 Å². The van der Waals surface area contributed by atoms with Crippen LogP contribution in [0.25, 0.3) is 0 Å². The van der Waals surface area contributed by atoms with Crippen molar-refractivity contribution >= 4 is 52.4 Å². The summed E-state index contributed by atoms with van der Waals surface area (Å²) in [6.07, 6.45) is 0. The van der Waals surface area contributed by atoms with E-state index < -0.39 is 17.8 Å². The number of aryl methyl sites for hydroxylation is 1. The average Bonchev–Trinajstić information content (AvgIpc) is 3.08. The van der Waals surface area contributed by atoms with Gasteiger partial charge >= 0.3 is 5.97 Å². The summed E-state index contributed by atoms with van der Waals surface area (Å²) in [5.74, 6) is -2.01. The van der Waals surface area contributed by atoms with Crippen molar-refractivity contribution in [3.8, 4) is 0 Å². The van der Waals surface area contributed by atoms with Crippen molar-refractivity contribution in [2.75, 3.05) is 22.6 Å². The summed E-state index contributed by atoms with van der Waals surface area (Å²) in [5.41, 5.74) is 3.09. The Morgan fingerprint density at radius 2 is 1.37 bits per heavy atom. The van der Waals surface area contributed by atoms with Gasteiger partial charge in [0.15, 0.2) is 0 Å². The fourth-order valence-electron chi connectivity index (χ4n) is 3.40. The summed E-state index contributed by atoms with van der Waals surface area (Å²) in [6, 6.07) is 19.5. The predicted molar refractivity (Wildman–Crippen MR) is 132 cm³/mol. The number of carbonyl (C=O) groups is 4. The molecule has 1 heterocycles. The van der Waals surface area contributed by atoms with Gasteiger partial charge in [-0.2, -0.15) is 0 Å². The third-order valence-corrected chi connectivity index (χ3v) is 5.65. The van der Waals surface area contributed by atoms with E-state index >= 15 is 0 Å². The summed E-state index contributed by atoms with van der Waals surface area (Å²) in [7, 11) is 1.29. The van der Waals surface area contributed by atoms with E-state index in [1.165, 1.54) is 7.11 Å². The number of rotatable bonds is 6. The SMILES string of the molecule is COC(=O)c1ccc(NC(=O)c2ccc(NC3=C(Cl)C(=O)N(c4ccc(C)cc4)C3=O)cc2)cc1. The van der Waals surface area contributed by atoms with Gasteiger partial charge in [0.2, 0.25) is 0 Å². The second-order valence-electron chi connectivity index (χ2n) is 7.70. The normalized spacial score (nSPS) is 13.2. The van der Waals surface area contributed by atoms with Gasteiger partial charge in [-0.05, 0) is 67.6 Å². The molecule has 3 amide bonds. The van der Waals surface area contributed by atoms with Crippen LogP contribution in [0, 0.1) is 6.92 Å². The maximum absolute atomic E-state index is 12.9. The molecular weight excluding hydrogens is 470 g/mol. The summed E-state index contributed by atoms with van der Waals surface area (Å²) in [6.45, 7) is 1.90. The number of halogens is 1. The molecule has 0 spiro atoms. The largest absolute Gasteiger partial charge is 0.465 e. The number of nitrogens with zero attached hydrogens (tertiary/aromatic N) is 1. The summed E-state index contributed by atoms with van der Waals surface area (Å²) >= 11 is 6.17. The molecule has 9 heteroatoms. The molecule has 1 aliphatic heterocycles. The highest BCUT2D eigenvalue weighted by Gasteiger charge is 2.38. The molecule has 4 rings (SSSR count). The zero-order chi connectivity index (χ0) is 25.1. The van der Waals surface area contributed by atoms with Crippen LogP contribution in [0.1, 0.15) is 26.3 Å². The van der Waals surface area contributed by atoms with Crippen molar-refractivity contribution in [1.82, 2.24) is 0 Å². The van der Waals surface area contributed by atoms with Crippen molar-refractivity contribution in [3.05, 3.63) is 100 Å². The highest BCUT2D eigenvalue weighted by Crippen LogP contribution is 2.30. The Morgan fingerprint density at radius 3 is 1.97 bits per heavy atom. The first kappa shape index (κ1) is 23.7. The van der Waals surface area contributed by atoms with Gasteiger partial charge in [-0.25, -0.2) is 9.69 Å². The van der Waals surface area contributed by atoms with Gasteiger partial charge < -0.3 is 15.4 Å². The molecule has 0 atom stereocenters. The maximum Gasteiger partial charge on any atom is 0.337 e. The Hall–Kier alpha value is -4.43. The minimum atomic E-state index is -0.614. The van der Waals surface area contributed by atoms with Gasteiger partial charge in [-0.15, -0.1) is 0 Å². The quantitative estimate of drug-likeness (QED) is 0.391. The van der Waals surface area contributed by atoms with Gasteiger partial charge in [0, 0.05) is 16.9 Å². The van der Waals surface area contributed by atoms with Crippen LogP contribution < -0.4 is 15.5 Å². The molecule has 3 aromatic rings. The Morgan fingerprint density at radius 1 is 0.800 bits per heavy atom. The number of imide groups is 1. The first-order chi connectivity index (χ1) is 16.8. The van der Waals surface area contributed by atoms with Crippen molar-refractivity contribution in [2.24, 2.45) is 0 Å². The second-order valence-corrected chi connectivity index (χ2v) is 8.07. The highest BCUT2D eigenvalue weighted by atomic mass is 35.5. The number of nitrogens with one attached hydrogen (secondary N) is 2. The molecule has 1 aliphatic rings. The predicted octanol–water partition coefficient (Wildman–Crippen LogP) is 4.47. The lowest BCUT2D eigenvalue weighted by Gasteiger charge is -2.15. The van der Waals surface area contributed by atoms with Crippen LogP contribution in [0.2, 0.25) is 0 Å². The zero-order valence-electron chi connectivity index (χ0n) is 18.8. The Labute approximate surface area is 206 Å². The molecule has 0 bridgehead atoms. The van der Waals surface area contributed by atoms with E-state index in [1.54, 1.807) is 72.8 Å². The standard InChI is InChI=1S/C26H20ClN3O5/c1-15-3-13-20(14-4-15)30-24(32)21(27)22(25(30)33)28-18-9-5-16(6-10-18)23(31)29-19-11-7-17(8-12-19)26(34)35-2/h3-14,28H,1-2H3,(H,29,31). The molecule has 0 fully saturated rings. The molecule has 3 aromatic carbocycles. The summed E-state index contributed by atoms with van der Waals surface area (Å²) < 4.78 is 4.65. The number of hydrogen-bond acceptors (Lipinski definition) is 6. The average molecular weight is 490 g/mol. The lowest BCUT2D eigenvalue weighted by molar-refractivity contribution is -0.120. The third kappa shape index (κ3) is 4.92. The van der Waals surface area contributed by atoms with E-state index in [-0.39, 0.29) is 16.6 Å². The van der Waals surface area contributed by atoms with Crippen LogP contribution in [0.5, 0.6) is 0 Å². The fourth-order valence-corrected chi connectivity index (χ4v) is 3.61. The van der Waals surface area contributed by atoms with Crippen LogP contribution in [-0.4, -0.2) is 30.8 Å². The van der Waals surface area contributed by atoms with E-state index in [0.29, 0.717) is 28.2 Å². The molecule has 0 aliphatic carbocycles. The molecule has 0 saturated heterocycles. The van der Waals surface area contributed by atoms with Gasteiger partial charge in [0.05, 0.1) is 18.4 Å². The van der Waals surface area contributed by atoms with Gasteiger partial charge in [0.1, 0.15) is 10.7 Å². The minimum Gasteiger partial charge on any atom is -0.465 e. The van der Waals surface area contributed by atoms with Gasteiger partial charge in [-0.1, -0.05) is 29.3 Å². The molecule has 0 radical (unpaired) electrons. The zero-order valence-corrected chi connectivity index (χ0v) is 19.6. The smallest absolute Gasteiger partial charge is 0.337 e. The number of methoxy groups -OCH3 is 1. The van der Waals surface area contributed by atoms with Crippen molar-refractivity contribution < 1.29 is 23.9 Å². The number of hydrogen-bond donors (Lipinski definition) is 2. The van der Waals surface area contributed by atoms with Crippen LogP contribution in [0.3, 0.4) is 0 Å². The van der Waals surface area contributed by atoms with Crippen LogP contribution in [0.4, 0.5) is 17.1 Å². The van der Waals surface area contributed by atoms with Crippen LogP contribution in [-0.2, 0) is 14.3 Å². The molecule has 0 aromatic heterocycles. The third-order valence-electron chi connectivity index (χ3n) is 5.30. The summed E-state index contributed by atoms with van der Waals surface area (Å²) in [4.78, 5) is 50.6. The molecule has 176 valence electrons. The van der Waals surface area contributed by atoms with E-state index in [0.717, 1.165) is 10.5 Å². The van der Waals surface area contributed by atoms with E-state index in [9.17, 15) is 19.2 Å². The number of carbonyl (C=O) groups excluding carboxylic acids is 4. The molecule has 0 saturated carbocycles. The molecule has 35 heavy (non-hydrogen) atoms. The lowest BCUT2D eigenvalue weighted by Crippen LogP contribution is -2.32. The first-order valence-electron chi connectivity index (χ1n) is 10.5. The van der Waals surface area contributed by atoms with Crippen molar-refractivity contribution in [2.45, 2.75) is 6.92 Å². The van der Waals surface area contributed by atoms with E-state index in [2.05, 4.69) is 15.4 Å². The van der Waals surface area contributed by atoms with E-state index in [4.69, 9.17) is 11.6 Å². The lowest BCUT2D eigenvalue weighted by atomic mass is 10.1. The fraction of sp³-hybridized carbons (Fsp3) is 0.0769. The number of amides is 3. The van der Waals surface area contributed by atoms with E-state index in [1.807, 2.05) is 6.92 Å². The highest BCUT2D eigenvalue weighted by molar-refractivity contribution is 6.53. The number of anilines is 3. The molecule has 2 N–H and O–H groups in total. The number of ether oxygens (including phenoxy) is 1. The second kappa shape index (κ2) is 9.82. The van der Waals surface area contributed by atoms with Gasteiger partial charge in [0.25, 0.3) is 17.7 Å². The maximum atomic E-state index is 12.9. The van der Waals surface area contributed by atoms with Crippen molar-refractivity contribution in [1.29, 1.82) is 0 Å². The first-order valence-corrected chi connectivity index (χ1v) is 10.9.